The summed E-state index contributed by atoms with van der Waals surface area (Å²) in [4.78, 5) is 37.9. The third-order valence-electron chi connectivity index (χ3n) is 16.1. The highest BCUT2D eigenvalue weighted by Crippen LogP contribution is 2.43. The van der Waals surface area contributed by atoms with E-state index in [-0.39, 0.29) is 25.1 Å². The summed E-state index contributed by atoms with van der Waals surface area (Å²) < 4.78 is 30.8. The summed E-state index contributed by atoms with van der Waals surface area (Å²) in [6.45, 7) is 7.04. The molecule has 0 fully saturated rings. The van der Waals surface area contributed by atoms with Crippen molar-refractivity contribution < 1.29 is 37.3 Å². The molecule has 3 atom stereocenters. The number of amides is 1. The van der Waals surface area contributed by atoms with Crippen molar-refractivity contribution >= 4 is 19.7 Å². The molecule has 0 radical (unpaired) electrons. The Kier molecular flexibility index (Phi) is 60.0. The molecule has 478 valence electrons. The number of carbonyl (C=O) groups excluding carboxylic acids is 2. The highest BCUT2D eigenvalue weighted by atomic mass is 31.2. The van der Waals surface area contributed by atoms with Crippen LogP contribution in [0.4, 0.5) is 0 Å². The quantitative estimate of drug-likeness (QED) is 0.0205. The van der Waals surface area contributed by atoms with Gasteiger partial charge >= 0.3 is 13.8 Å². The van der Waals surface area contributed by atoms with Crippen molar-refractivity contribution in [3.8, 4) is 0 Å². The van der Waals surface area contributed by atoms with E-state index >= 15 is 0 Å². The van der Waals surface area contributed by atoms with Crippen LogP contribution in [0.15, 0.2) is 36.5 Å². The standard InChI is InChI=1S/C71H137N2O7P/c1-7-10-13-16-19-22-25-27-29-31-33-35-36-38-39-41-43-45-48-51-54-57-60-63-70(74)72-68(67-79-81(76,77)78-66-65-73(4,5)6)69(62-59-56-53-50-47-24-21-18-15-12-9-3)80-71(75)64-61-58-55-52-49-46-44-42-40-37-34-32-30-28-26-23-20-17-14-11-8-2/h19,22,27,29,59,62,68-69H,7-18,20-21,23-26,28,30-58,60-61,63-67H2,1-6H3,(H-,72,74,76,77)/p+1/b22-19-,29-27-,62-59+. The Morgan fingerprint density at radius 1 is 0.432 bits per heavy atom. The molecule has 0 bridgehead atoms. The third-order valence-corrected chi connectivity index (χ3v) is 17.1. The van der Waals surface area contributed by atoms with Crippen molar-refractivity contribution in [3.63, 3.8) is 0 Å². The summed E-state index contributed by atoms with van der Waals surface area (Å²) in [5.74, 6) is -0.486. The Bertz CT molecular complexity index is 1480. The van der Waals surface area contributed by atoms with Crippen LogP contribution in [0.25, 0.3) is 0 Å². The van der Waals surface area contributed by atoms with Gasteiger partial charge in [-0.1, -0.05) is 314 Å². The molecule has 0 aromatic heterocycles. The van der Waals surface area contributed by atoms with Gasteiger partial charge in [0.05, 0.1) is 33.8 Å². The van der Waals surface area contributed by atoms with E-state index in [1.807, 2.05) is 33.3 Å². The maximum absolute atomic E-state index is 13.6. The lowest BCUT2D eigenvalue weighted by Gasteiger charge is -2.27. The number of phosphoric acid groups is 1. The number of esters is 1. The Morgan fingerprint density at radius 2 is 0.753 bits per heavy atom. The van der Waals surface area contributed by atoms with Gasteiger partial charge in [0.15, 0.2) is 0 Å². The number of likely N-dealkylation sites (N-methyl/N-ethyl adjacent to an activating group) is 1. The van der Waals surface area contributed by atoms with Gasteiger partial charge in [0.2, 0.25) is 5.91 Å². The van der Waals surface area contributed by atoms with Crippen LogP contribution in [-0.2, 0) is 27.9 Å². The van der Waals surface area contributed by atoms with Crippen LogP contribution in [0, 0.1) is 0 Å². The van der Waals surface area contributed by atoms with Gasteiger partial charge in [0.25, 0.3) is 0 Å². The normalized spacial score (nSPS) is 13.7. The van der Waals surface area contributed by atoms with Crippen LogP contribution in [-0.4, -0.2) is 74.3 Å². The molecule has 0 aromatic rings. The first-order valence-corrected chi connectivity index (χ1v) is 36.8. The zero-order valence-corrected chi connectivity index (χ0v) is 55.7. The van der Waals surface area contributed by atoms with Gasteiger partial charge in [-0.25, -0.2) is 4.57 Å². The topological polar surface area (TPSA) is 111 Å². The fourth-order valence-electron chi connectivity index (χ4n) is 10.6. The van der Waals surface area contributed by atoms with Gasteiger partial charge in [-0.15, -0.1) is 0 Å². The number of hydrogen-bond acceptors (Lipinski definition) is 6. The highest BCUT2D eigenvalue weighted by Gasteiger charge is 2.30. The first kappa shape index (κ1) is 79.2. The number of unbranched alkanes of at least 4 members (excludes halogenated alkanes) is 45. The number of carbonyl (C=O) groups is 2. The van der Waals surface area contributed by atoms with Crippen molar-refractivity contribution in [1.29, 1.82) is 0 Å². The number of hydrogen-bond donors (Lipinski definition) is 2. The molecule has 2 N–H and O–H groups in total. The molecule has 1 amide bonds. The second-order valence-corrected chi connectivity index (χ2v) is 26.9. The number of phosphoric ester groups is 1. The molecule has 0 aliphatic carbocycles. The molecule has 0 aliphatic rings. The van der Waals surface area contributed by atoms with Gasteiger partial charge in [-0.3, -0.25) is 18.6 Å². The number of ether oxygens (including phenoxy) is 1. The van der Waals surface area contributed by atoms with E-state index in [1.165, 1.54) is 257 Å². The van der Waals surface area contributed by atoms with E-state index in [0.717, 1.165) is 64.2 Å². The third kappa shape index (κ3) is 62.6. The van der Waals surface area contributed by atoms with E-state index in [4.69, 9.17) is 13.8 Å². The minimum atomic E-state index is -4.45. The van der Waals surface area contributed by atoms with Gasteiger partial charge in [-0.2, -0.15) is 0 Å². The SMILES string of the molecule is CCCCC/C=C\C/C=C\CCCCCCCCCCCCCCCC(=O)NC(COP(=O)(O)OCC[N+](C)(C)C)C(/C=C/CCCCCCCCCCC)OC(=O)CCCCCCCCCCCCCCCCCCCCCCC. The van der Waals surface area contributed by atoms with Crippen molar-refractivity contribution in [2.24, 2.45) is 0 Å². The summed E-state index contributed by atoms with van der Waals surface area (Å²) >= 11 is 0. The highest BCUT2D eigenvalue weighted by molar-refractivity contribution is 7.47. The summed E-state index contributed by atoms with van der Waals surface area (Å²) in [5, 5.41) is 3.07. The Hall–Kier alpha value is -1.77. The summed E-state index contributed by atoms with van der Waals surface area (Å²) in [5.41, 5.74) is 0. The monoisotopic (exact) mass is 1160 g/mol. The first-order chi connectivity index (χ1) is 39.4. The number of nitrogens with one attached hydrogen (secondary N) is 1. The number of nitrogens with zero attached hydrogens (tertiary/aromatic N) is 1. The molecule has 0 spiro atoms. The Morgan fingerprint density at radius 3 is 1.14 bits per heavy atom. The van der Waals surface area contributed by atoms with Crippen LogP contribution in [0.3, 0.4) is 0 Å². The molecule has 0 rings (SSSR count). The molecule has 0 heterocycles. The van der Waals surface area contributed by atoms with E-state index in [9.17, 15) is 19.0 Å². The predicted octanol–water partition coefficient (Wildman–Crippen LogP) is 22.2. The second kappa shape index (κ2) is 61.3. The molecule has 81 heavy (non-hydrogen) atoms. The van der Waals surface area contributed by atoms with Crippen molar-refractivity contribution in [1.82, 2.24) is 5.32 Å². The number of allylic oxidation sites excluding steroid dienone is 5. The van der Waals surface area contributed by atoms with Gasteiger partial charge < -0.3 is 19.4 Å². The van der Waals surface area contributed by atoms with Gasteiger partial charge in [0, 0.05) is 12.8 Å². The van der Waals surface area contributed by atoms with E-state index in [1.54, 1.807) is 0 Å². The molecule has 3 unspecified atom stereocenters. The molecular formula is C71H138N2O7P+. The maximum atomic E-state index is 13.6. The summed E-state index contributed by atoms with van der Waals surface area (Å²) in [6, 6.07) is -0.845. The minimum Gasteiger partial charge on any atom is -0.456 e. The Labute approximate surface area is 504 Å². The smallest absolute Gasteiger partial charge is 0.456 e. The van der Waals surface area contributed by atoms with Gasteiger partial charge in [-0.05, 0) is 63.9 Å². The summed E-state index contributed by atoms with van der Waals surface area (Å²) in [6.07, 6.45) is 75.8. The van der Waals surface area contributed by atoms with E-state index in [0.29, 0.717) is 23.9 Å². The molecule has 10 heteroatoms. The number of quaternary nitrogens is 1. The van der Waals surface area contributed by atoms with Crippen molar-refractivity contribution in [2.75, 3.05) is 40.9 Å². The lowest BCUT2D eigenvalue weighted by Crippen LogP contribution is -2.47. The fourth-order valence-corrected chi connectivity index (χ4v) is 11.4. The predicted molar refractivity (Wildman–Crippen MR) is 351 cm³/mol. The zero-order chi connectivity index (χ0) is 59.3. The summed E-state index contributed by atoms with van der Waals surface area (Å²) in [7, 11) is 1.51. The average Bonchev–Trinajstić information content (AvgIpc) is 3.43. The maximum Gasteiger partial charge on any atom is 0.472 e. The number of rotatable bonds is 65. The lowest BCUT2D eigenvalue weighted by atomic mass is 10.0. The molecule has 0 saturated heterocycles. The van der Waals surface area contributed by atoms with Crippen LogP contribution >= 0.6 is 7.82 Å². The molecule has 0 saturated carbocycles. The fraction of sp³-hybridized carbons (Fsp3) is 0.887. The lowest BCUT2D eigenvalue weighted by molar-refractivity contribution is -0.870. The van der Waals surface area contributed by atoms with Crippen LogP contribution in [0.1, 0.15) is 355 Å². The van der Waals surface area contributed by atoms with Crippen LogP contribution < -0.4 is 5.32 Å². The first-order valence-electron chi connectivity index (χ1n) is 35.3. The van der Waals surface area contributed by atoms with E-state index < -0.39 is 20.0 Å². The minimum absolute atomic E-state index is 0.0430. The van der Waals surface area contributed by atoms with Crippen molar-refractivity contribution in [2.45, 2.75) is 367 Å². The molecular weight excluding hydrogens is 1020 g/mol. The van der Waals surface area contributed by atoms with E-state index in [2.05, 4.69) is 50.4 Å². The zero-order valence-electron chi connectivity index (χ0n) is 54.8. The molecule has 9 nitrogen and oxygen atoms in total. The average molecular weight is 1160 g/mol. The van der Waals surface area contributed by atoms with Crippen LogP contribution in [0.5, 0.6) is 0 Å². The Balaban J connectivity index is 5.01. The van der Waals surface area contributed by atoms with Crippen LogP contribution in [0.2, 0.25) is 0 Å². The largest absolute Gasteiger partial charge is 0.472 e. The van der Waals surface area contributed by atoms with Gasteiger partial charge in [0.1, 0.15) is 19.3 Å². The second-order valence-electron chi connectivity index (χ2n) is 25.4. The molecule has 0 aromatic carbocycles. The molecule has 0 aliphatic heterocycles. The van der Waals surface area contributed by atoms with Crippen molar-refractivity contribution in [3.05, 3.63) is 36.5 Å².